The molecule has 0 saturated carbocycles. The molecule has 39 heteroatoms. The fourth-order valence-electron chi connectivity index (χ4n) is 9.06. The molecule has 0 radical (unpaired) electrons. The van der Waals surface area contributed by atoms with Crippen LogP contribution in [0.2, 0.25) is 0 Å². The Bertz CT molecular complexity index is 5280. The summed E-state index contributed by atoms with van der Waals surface area (Å²) < 4.78 is 172. The summed E-state index contributed by atoms with van der Waals surface area (Å²) in [5, 5.41) is 58.9. The van der Waals surface area contributed by atoms with E-state index in [0.29, 0.717) is 11.4 Å². The van der Waals surface area contributed by atoms with Gasteiger partial charge in [-0.1, -0.05) is 25.6 Å². The molecule has 3 aromatic heterocycles. The van der Waals surface area contributed by atoms with Crippen LogP contribution in [0, 0.1) is 17.5 Å². The molecular formula is C75H67F12N11O13S3. The zero-order valence-electron chi connectivity index (χ0n) is 59.4. The first-order chi connectivity index (χ1) is 52.7. The minimum absolute atomic E-state index is 0. The fraction of sp³-hybridized carbons (Fsp3) is 0.173. The quantitative estimate of drug-likeness (QED) is 0.0160. The van der Waals surface area contributed by atoms with Crippen molar-refractivity contribution in [2.75, 3.05) is 26.6 Å². The Morgan fingerprint density at radius 2 is 0.851 bits per heavy atom. The molecule has 0 atom stereocenters. The highest BCUT2D eigenvalue weighted by atomic mass is 32.1. The maximum absolute atomic E-state index is 14.5. The van der Waals surface area contributed by atoms with E-state index in [4.69, 9.17) is 52.1 Å². The van der Waals surface area contributed by atoms with Gasteiger partial charge in [-0.05, 0) is 187 Å². The normalized spacial score (nSPS) is 11.3. The first-order valence-corrected chi connectivity index (χ1v) is 34.5. The van der Waals surface area contributed by atoms with Crippen LogP contribution in [0.4, 0.5) is 117 Å². The van der Waals surface area contributed by atoms with Crippen LogP contribution in [0.1, 0.15) is 93.3 Å². The monoisotopic (exact) mass is 1650 g/mol. The molecule has 24 nitrogen and oxygen atoms in total. The van der Waals surface area contributed by atoms with Crippen LogP contribution in [0.15, 0.2) is 190 Å². The second kappa shape index (κ2) is 37.9. The molecule has 3 heterocycles. The van der Waals surface area contributed by atoms with E-state index >= 15 is 0 Å². The van der Waals surface area contributed by atoms with Crippen LogP contribution in [0.3, 0.4) is 0 Å². The number of aromatic hydroxyl groups is 2. The molecule has 11 aromatic rings. The number of azo groups is 1. The lowest BCUT2D eigenvalue weighted by Gasteiger charge is -2.26. The van der Waals surface area contributed by atoms with Crippen molar-refractivity contribution in [1.82, 2.24) is 15.0 Å². The van der Waals surface area contributed by atoms with Gasteiger partial charge in [0.15, 0.2) is 15.4 Å². The third-order valence-electron chi connectivity index (χ3n) is 13.9. The number of hydrogen-bond donors (Lipinski definition) is 9. The molecule has 11 rings (SSSR count). The SMILES string of the molecule is C.CC(=O)O.CC(C)(C)OC(=O)N(c1cccc(C(F)(F)F)c1)c1nc(-c2cc(N)ccc2F)cs1.CC(C)(C)OC(=O)N(c1cccc(C(F)(F)F)c1)c1nc(-c2cc(ON)ccc2F)cs1.Nc1ccc(O)c(C(=O)O)c1.O=C(O)c1cc(N=Nc2ccc(F)c(-c3csc(Nc4cccc(C(F)(F)F)c4)n3)c2)ccc1O. The summed E-state index contributed by atoms with van der Waals surface area (Å²) in [6, 6.07) is 32.2. The van der Waals surface area contributed by atoms with Crippen LogP contribution in [0.25, 0.3) is 33.8 Å². The molecule has 0 fully saturated rings. The number of amides is 2. The number of nitrogens with one attached hydrogen (secondary N) is 1. The Morgan fingerprint density at radius 3 is 1.31 bits per heavy atom. The summed E-state index contributed by atoms with van der Waals surface area (Å²) in [6.45, 7) is 10.8. The average molecular weight is 1650 g/mol. The Labute approximate surface area is 652 Å². The number of nitrogens with two attached hydrogens (primary N) is 3. The molecule has 12 N–H and O–H groups in total. The highest BCUT2D eigenvalue weighted by molar-refractivity contribution is 7.15. The van der Waals surface area contributed by atoms with Crippen molar-refractivity contribution in [3.63, 3.8) is 0 Å². The van der Waals surface area contributed by atoms with Gasteiger partial charge in [0.05, 0.1) is 56.5 Å². The molecule has 0 aliphatic heterocycles. The molecule has 0 aliphatic rings. The standard InChI is InChI=1S/C23H14F4N4O3S.C21H19F4N3O3S.C21H19F4N3O2S.C7H7NO3.C2H4O2.CH4/c24-18-6-4-14(30-31-15-5-7-20(32)17(10-15)21(33)34)9-16(18)19-11-35-22(29-19)28-13-3-1-2-12(8-13)23(25,26)27;1-20(2,3)30-19(29)28(13-6-4-5-12(9-13)21(23,24)25)18-27-17(11-32-18)15-10-14(31-26)7-8-16(15)22;1-20(2,3)30-19(29)28(14-6-4-5-12(9-14)21(23,24)25)18-27-17(11-31-18)15-10-13(26)7-8-16(15)22;8-4-1-2-6(9)5(3-4)7(10)11;1-2(3)4;/h1-11,32H,(H,28,29)(H,33,34);4-11H,26H2,1-3H3;4-11H,26H2,1-3H3;1-3,9H,8H2,(H,10,11);1H3,(H,3,4);1H4. The Morgan fingerprint density at radius 1 is 0.474 bits per heavy atom. The lowest BCUT2D eigenvalue weighted by atomic mass is 10.1. The number of aromatic nitrogens is 3. The number of aliphatic carboxylic acids is 1. The highest BCUT2D eigenvalue weighted by Crippen LogP contribution is 2.42. The third-order valence-corrected chi connectivity index (χ3v) is 16.3. The molecule has 114 heavy (non-hydrogen) atoms. The number of nitrogen functional groups attached to an aromatic ring is 2. The smallest absolute Gasteiger partial charge is 0.421 e. The molecule has 0 bridgehead atoms. The van der Waals surface area contributed by atoms with E-state index in [1.165, 1.54) is 125 Å². The van der Waals surface area contributed by atoms with Crippen molar-refractivity contribution in [1.29, 1.82) is 0 Å². The topological polar surface area (TPSA) is 374 Å². The second-order valence-corrected chi connectivity index (χ2v) is 27.5. The van der Waals surface area contributed by atoms with Crippen molar-refractivity contribution in [3.8, 4) is 51.0 Å². The number of hydrogen-bond acceptors (Lipinski definition) is 22. The number of rotatable bonds is 14. The average Bonchev–Trinajstić information content (AvgIpc) is 1.62. The first kappa shape index (κ1) is 90.0. The fourth-order valence-corrected chi connectivity index (χ4v) is 11.5. The van der Waals surface area contributed by atoms with E-state index in [2.05, 4.69) is 35.3 Å². The van der Waals surface area contributed by atoms with Crippen molar-refractivity contribution in [3.05, 3.63) is 225 Å². The first-order valence-electron chi connectivity index (χ1n) is 31.9. The molecular weight excluding hydrogens is 1590 g/mol. The van der Waals surface area contributed by atoms with E-state index in [1.54, 1.807) is 41.5 Å². The van der Waals surface area contributed by atoms with Crippen molar-refractivity contribution in [2.45, 2.75) is 85.6 Å². The van der Waals surface area contributed by atoms with Crippen LogP contribution in [0.5, 0.6) is 17.2 Å². The Kier molecular flexibility index (Phi) is 29.9. The number of carbonyl (C=O) groups is 5. The number of benzene rings is 8. The van der Waals surface area contributed by atoms with Crippen molar-refractivity contribution in [2.24, 2.45) is 16.1 Å². The van der Waals surface area contributed by atoms with Gasteiger partial charge in [-0.2, -0.15) is 55.6 Å². The van der Waals surface area contributed by atoms with E-state index < -0.39 is 99.7 Å². The summed E-state index contributed by atoms with van der Waals surface area (Å²) in [7, 11) is 0. The van der Waals surface area contributed by atoms with E-state index in [1.807, 2.05) is 0 Å². The molecule has 602 valence electrons. The summed E-state index contributed by atoms with van der Waals surface area (Å²) in [5.74, 6) is -0.533. The number of anilines is 8. The predicted molar refractivity (Wildman–Crippen MR) is 405 cm³/mol. The molecule has 8 aromatic carbocycles. The van der Waals surface area contributed by atoms with E-state index in [9.17, 15) is 77.0 Å². The number of carboxylic acid groups (broad SMARTS) is 3. The van der Waals surface area contributed by atoms with Crippen molar-refractivity contribution >= 4 is 119 Å². The summed E-state index contributed by atoms with van der Waals surface area (Å²) in [6.07, 6.45) is -15.6. The molecule has 0 spiro atoms. The van der Waals surface area contributed by atoms with Gasteiger partial charge >= 0.3 is 42.7 Å². The number of ether oxygens (including phenoxy) is 2. The molecule has 0 unspecified atom stereocenters. The number of alkyl halides is 9. The molecule has 0 aliphatic carbocycles. The zero-order chi connectivity index (χ0) is 83.8. The molecule has 0 saturated heterocycles. The number of phenols is 2. The lowest BCUT2D eigenvalue weighted by molar-refractivity contribution is -0.138. The zero-order valence-corrected chi connectivity index (χ0v) is 61.9. The van der Waals surface area contributed by atoms with Crippen LogP contribution in [-0.4, -0.2) is 81.8 Å². The predicted octanol–water partition coefficient (Wildman–Crippen LogP) is 21.8. The largest absolute Gasteiger partial charge is 0.507 e. The second-order valence-electron chi connectivity index (χ2n) is 25.0. The Balaban J connectivity index is 0.000000243. The summed E-state index contributed by atoms with van der Waals surface area (Å²) in [5.41, 5.74) is 7.80. The maximum atomic E-state index is 14.5. The van der Waals surface area contributed by atoms with Gasteiger partial charge < -0.3 is 56.6 Å². The van der Waals surface area contributed by atoms with Gasteiger partial charge in [0.1, 0.15) is 57.0 Å². The minimum Gasteiger partial charge on any atom is -0.507 e. The van der Waals surface area contributed by atoms with Crippen LogP contribution in [-0.2, 0) is 32.8 Å². The van der Waals surface area contributed by atoms with Gasteiger partial charge in [-0.25, -0.2) is 57.1 Å². The van der Waals surface area contributed by atoms with Gasteiger partial charge in [0, 0.05) is 56.8 Å². The maximum Gasteiger partial charge on any atom is 0.421 e. The van der Waals surface area contributed by atoms with Gasteiger partial charge in [0.25, 0.3) is 5.97 Å². The van der Waals surface area contributed by atoms with Crippen molar-refractivity contribution < 1.29 is 117 Å². The van der Waals surface area contributed by atoms with Gasteiger partial charge in [0.2, 0.25) is 0 Å². The summed E-state index contributed by atoms with van der Waals surface area (Å²) in [4.78, 5) is 75.5. The number of carboxylic acids is 3. The highest BCUT2D eigenvalue weighted by Gasteiger charge is 2.36. The van der Waals surface area contributed by atoms with Gasteiger partial charge in [-0.3, -0.25) is 4.79 Å². The van der Waals surface area contributed by atoms with Gasteiger partial charge in [-0.15, -0.1) is 34.0 Å². The third kappa shape index (κ3) is 25.9. The number of carbonyl (C=O) groups excluding carboxylic acids is 2. The lowest BCUT2D eigenvalue weighted by Crippen LogP contribution is -2.34. The van der Waals surface area contributed by atoms with Crippen LogP contribution >= 0.6 is 34.0 Å². The number of aromatic carboxylic acids is 2. The summed E-state index contributed by atoms with van der Waals surface area (Å²) >= 11 is 2.97. The number of nitrogens with zero attached hydrogens (tertiary/aromatic N) is 7. The van der Waals surface area contributed by atoms with E-state index in [0.717, 1.165) is 105 Å². The number of halogens is 12. The minimum atomic E-state index is -4.62. The van der Waals surface area contributed by atoms with E-state index in [-0.39, 0.29) is 108 Å². The molecule has 2 amide bonds. The number of thiazole rings is 3. The Hall–Kier alpha value is -12.9. The van der Waals surface area contributed by atoms with Crippen LogP contribution < -0.4 is 37.3 Å².